The topological polar surface area (TPSA) is 18.5 Å². The zero-order valence-corrected chi connectivity index (χ0v) is 10.1. The highest BCUT2D eigenvalue weighted by molar-refractivity contribution is 9.10. The summed E-state index contributed by atoms with van der Waals surface area (Å²) in [6.07, 6.45) is -0.804. The first kappa shape index (κ1) is 11.3. The molecule has 0 aliphatic carbocycles. The molecule has 15 heavy (non-hydrogen) atoms. The quantitative estimate of drug-likeness (QED) is 0.780. The van der Waals surface area contributed by atoms with Gasteiger partial charge in [-0.3, -0.25) is 0 Å². The van der Waals surface area contributed by atoms with E-state index >= 15 is 0 Å². The molecule has 0 N–H and O–H groups in total. The fourth-order valence-corrected chi connectivity index (χ4v) is 1.94. The van der Waals surface area contributed by atoms with Crippen molar-refractivity contribution in [2.75, 3.05) is 12.5 Å². The summed E-state index contributed by atoms with van der Waals surface area (Å²) < 4.78 is 24.8. The van der Waals surface area contributed by atoms with Crippen LogP contribution in [-0.4, -0.2) is 18.6 Å². The molecule has 1 aliphatic rings. The van der Waals surface area contributed by atoms with E-state index in [2.05, 4.69) is 15.9 Å². The Balaban J connectivity index is 2.20. The van der Waals surface area contributed by atoms with Crippen LogP contribution in [-0.2, 0) is 9.47 Å². The van der Waals surface area contributed by atoms with Gasteiger partial charge in [0.2, 0.25) is 0 Å². The molecule has 1 aromatic rings. The minimum absolute atomic E-state index is 0.157. The maximum absolute atomic E-state index is 13.6. The fourth-order valence-electron chi connectivity index (χ4n) is 1.39. The molecule has 0 saturated carbocycles. The van der Waals surface area contributed by atoms with Crippen LogP contribution < -0.4 is 0 Å². The van der Waals surface area contributed by atoms with Gasteiger partial charge in [0, 0.05) is 5.56 Å². The lowest BCUT2D eigenvalue weighted by Crippen LogP contribution is -2.11. The van der Waals surface area contributed by atoms with E-state index in [4.69, 9.17) is 21.1 Å². The summed E-state index contributed by atoms with van der Waals surface area (Å²) >= 11 is 8.74. The Kier molecular flexibility index (Phi) is 3.61. The van der Waals surface area contributed by atoms with Gasteiger partial charge in [-0.1, -0.05) is 12.1 Å². The molecule has 0 amide bonds. The Morgan fingerprint density at radius 3 is 3.00 bits per heavy atom. The Labute approximate surface area is 100 Å². The predicted molar refractivity (Wildman–Crippen MR) is 58.4 cm³/mol. The van der Waals surface area contributed by atoms with Gasteiger partial charge in [-0.25, -0.2) is 4.39 Å². The van der Waals surface area contributed by atoms with Crippen molar-refractivity contribution in [3.8, 4) is 0 Å². The van der Waals surface area contributed by atoms with Gasteiger partial charge >= 0.3 is 0 Å². The number of hydrogen-bond donors (Lipinski definition) is 0. The number of rotatable bonds is 2. The minimum Gasteiger partial charge on any atom is -0.346 e. The van der Waals surface area contributed by atoms with E-state index in [9.17, 15) is 4.39 Å². The summed E-state index contributed by atoms with van der Waals surface area (Å²) in [5, 5.41) is 0. The average Bonchev–Trinajstić information content (AvgIpc) is 2.70. The van der Waals surface area contributed by atoms with Crippen LogP contribution in [0, 0.1) is 5.82 Å². The van der Waals surface area contributed by atoms with Gasteiger partial charge in [0.1, 0.15) is 5.82 Å². The van der Waals surface area contributed by atoms with Crippen LogP contribution in [0.3, 0.4) is 0 Å². The third kappa shape index (κ3) is 2.33. The maximum Gasteiger partial charge on any atom is 0.187 e. The Bertz CT molecular complexity index is 361. The monoisotopic (exact) mass is 294 g/mol. The average molecular weight is 296 g/mol. The van der Waals surface area contributed by atoms with Gasteiger partial charge in [-0.05, 0) is 22.0 Å². The zero-order valence-electron chi connectivity index (χ0n) is 7.75. The molecule has 0 bridgehead atoms. The van der Waals surface area contributed by atoms with Crippen LogP contribution in [0.15, 0.2) is 22.7 Å². The van der Waals surface area contributed by atoms with Crippen molar-refractivity contribution in [3.05, 3.63) is 34.1 Å². The first-order chi connectivity index (χ1) is 7.22. The molecular weight excluding hydrogens is 286 g/mol. The maximum atomic E-state index is 13.6. The molecule has 0 radical (unpaired) electrons. The normalized spacial score (nSPS) is 25.8. The molecule has 1 saturated heterocycles. The highest BCUT2D eigenvalue weighted by Crippen LogP contribution is 2.31. The molecule has 0 aromatic heterocycles. The van der Waals surface area contributed by atoms with E-state index in [-0.39, 0.29) is 11.9 Å². The van der Waals surface area contributed by atoms with Crippen LogP contribution in [0.4, 0.5) is 4.39 Å². The Hall–Kier alpha value is -0.160. The van der Waals surface area contributed by atoms with Crippen molar-refractivity contribution in [1.82, 2.24) is 0 Å². The summed E-state index contributed by atoms with van der Waals surface area (Å²) in [7, 11) is 0. The minimum atomic E-state index is -0.647. The molecule has 1 heterocycles. The van der Waals surface area contributed by atoms with Gasteiger partial charge < -0.3 is 9.47 Å². The lowest BCUT2D eigenvalue weighted by molar-refractivity contribution is -0.0589. The van der Waals surface area contributed by atoms with Crippen molar-refractivity contribution in [2.24, 2.45) is 0 Å². The molecule has 2 nitrogen and oxygen atoms in total. The molecule has 5 heteroatoms. The zero-order chi connectivity index (χ0) is 10.8. The molecule has 2 atom stereocenters. The second-order valence-electron chi connectivity index (χ2n) is 3.22. The Morgan fingerprint density at radius 1 is 1.53 bits per heavy atom. The molecule has 1 fully saturated rings. The van der Waals surface area contributed by atoms with Crippen LogP contribution in [0.1, 0.15) is 11.9 Å². The lowest BCUT2D eigenvalue weighted by Gasteiger charge is -2.11. The van der Waals surface area contributed by atoms with Gasteiger partial charge in [0.15, 0.2) is 6.29 Å². The first-order valence-electron chi connectivity index (χ1n) is 4.49. The summed E-state index contributed by atoms with van der Waals surface area (Å²) in [5.74, 6) is 0.00396. The molecule has 0 spiro atoms. The molecule has 2 rings (SSSR count). The van der Waals surface area contributed by atoms with Crippen LogP contribution in [0.25, 0.3) is 0 Å². The molecular formula is C10H9BrClFO2. The van der Waals surface area contributed by atoms with Crippen molar-refractivity contribution in [2.45, 2.75) is 12.4 Å². The molecule has 1 aromatic carbocycles. The van der Waals surface area contributed by atoms with Gasteiger partial charge in [0.25, 0.3) is 0 Å². The number of alkyl halides is 1. The van der Waals surface area contributed by atoms with Crippen LogP contribution in [0.5, 0.6) is 0 Å². The molecule has 1 aliphatic heterocycles. The van der Waals surface area contributed by atoms with E-state index in [0.717, 1.165) is 0 Å². The second-order valence-corrected chi connectivity index (χ2v) is 4.38. The van der Waals surface area contributed by atoms with Crippen molar-refractivity contribution in [3.63, 3.8) is 0 Å². The van der Waals surface area contributed by atoms with Crippen molar-refractivity contribution >= 4 is 27.5 Å². The number of ether oxygens (including phenoxy) is 2. The largest absolute Gasteiger partial charge is 0.346 e. The van der Waals surface area contributed by atoms with E-state index in [1.165, 1.54) is 0 Å². The summed E-state index contributed by atoms with van der Waals surface area (Å²) in [6, 6.07) is 5.01. The van der Waals surface area contributed by atoms with Crippen LogP contribution >= 0.6 is 27.5 Å². The summed E-state index contributed by atoms with van der Waals surface area (Å²) in [4.78, 5) is 0. The fraction of sp³-hybridized carbons (Fsp3) is 0.400. The van der Waals surface area contributed by atoms with Crippen LogP contribution in [0.2, 0.25) is 0 Å². The predicted octanol–water partition coefficient (Wildman–Crippen LogP) is 3.24. The standard InChI is InChI=1S/C10H9BrClFO2/c11-8-3-1-2-7(9(8)13)10-14-5-6(4-12)15-10/h1-3,6,10H,4-5H2. The van der Waals surface area contributed by atoms with Gasteiger partial charge in [-0.15, -0.1) is 11.6 Å². The number of halogens is 3. The third-order valence-electron chi connectivity index (χ3n) is 2.16. The SMILES string of the molecule is Fc1c(Br)cccc1C1OCC(CCl)O1. The van der Waals surface area contributed by atoms with Gasteiger partial charge in [0.05, 0.1) is 23.1 Å². The first-order valence-corrected chi connectivity index (χ1v) is 5.82. The second kappa shape index (κ2) is 4.78. The van der Waals surface area contributed by atoms with E-state index in [1.807, 2.05) is 0 Å². The summed E-state index contributed by atoms with van der Waals surface area (Å²) in [6.45, 7) is 0.403. The number of hydrogen-bond acceptors (Lipinski definition) is 2. The highest BCUT2D eigenvalue weighted by atomic mass is 79.9. The summed E-state index contributed by atoms with van der Waals surface area (Å²) in [5.41, 5.74) is 0.400. The van der Waals surface area contributed by atoms with E-state index in [0.29, 0.717) is 22.5 Å². The highest BCUT2D eigenvalue weighted by Gasteiger charge is 2.29. The van der Waals surface area contributed by atoms with Gasteiger partial charge in [-0.2, -0.15) is 0 Å². The van der Waals surface area contributed by atoms with E-state index < -0.39 is 6.29 Å². The molecule has 2 unspecified atom stereocenters. The third-order valence-corrected chi connectivity index (χ3v) is 3.11. The molecule has 82 valence electrons. The number of benzene rings is 1. The lowest BCUT2D eigenvalue weighted by atomic mass is 10.2. The van der Waals surface area contributed by atoms with Crippen molar-refractivity contribution in [1.29, 1.82) is 0 Å². The van der Waals surface area contributed by atoms with Crippen molar-refractivity contribution < 1.29 is 13.9 Å². The Morgan fingerprint density at radius 2 is 2.33 bits per heavy atom. The van der Waals surface area contributed by atoms with E-state index in [1.54, 1.807) is 18.2 Å². The smallest absolute Gasteiger partial charge is 0.187 e.